The second kappa shape index (κ2) is 6.12. The van der Waals surface area contributed by atoms with Crippen molar-refractivity contribution < 1.29 is 14.3 Å². The monoisotopic (exact) mass is 269 g/mol. The molecule has 2 N–H and O–H groups in total. The highest BCUT2D eigenvalue weighted by atomic mass is 16.5. The minimum Gasteiger partial charge on any atom is -0.423 e. The van der Waals surface area contributed by atoms with Gasteiger partial charge in [-0.1, -0.05) is 18.2 Å². The minimum absolute atomic E-state index is 0.0393. The maximum atomic E-state index is 12.0. The first-order valence-corrected chi connectivity index (χ1v) is 6.23. The molecule has 0 aliphatic rings. The number of hydrogen-bond acceptors (Lipinski definition) is 4. The first kappa shape index (κ1) is 14.0. The molecular weight excluding hydrogens is 254 g/mol. The number of benzene rings is 2. The van der Waals surface area contributed by atoms with E-state index in [1.807, 2.05) is 19.1 Å². The summed E-state index contributed by atoms with van der Waals surface area (Å²) in [6.07, 6.45) is 0. The standard InChI is InChI=1S/C16H15NO3/c1-11-4-2-3-5-14(11)16(19)20-13-8-6-12(7-9-13)15(18)10-17/h2-9H,10,17H2,1H3. The molecule has 0 radical (unpaired) electrons. The summed E-state index contributed by atoms with van der Waals surface area (Å²) in [7, 11) is 0. The zero-order valence-corrected chi connectivity index (χ0v) is 11.1. The molecule has 0 saturated heterocycles. The average Bonchev–Trinajstić information content (AvgIpc) is 2.47. The molecule has 0 fully saturated rings. The molecule has 0 saturated carbocycles. The van der Waals surface area contributed by atoms with Crippen molar-refractivity contribution in [1.82, 2.24) is 0 Å². The summed E-state index contributed by atoms with van der Waals surface area (Å²) in [5, 5.41) is 0. The summed E-state index contributed by atoms with van der Waals surface area (Å²) in [6.45, 7) is 1.81. The van der Waals surface area contributed by atoms with Crippen molar-refractivity contribution >= 4 is 11.8 Å². The Balaban J connectivity index is 2.13. The van der Waals surface area contributed by atoms with Gasteiger partial charge in [-0.15, -0.1) is 0 Å². The van der Waals surface area contributed by atoms with Crippen LogP contribution in [0.15, 0.2) is 48.5 Å². The van der Waals surface area contributed by atoms with Crippen LogP contribution in [0.5, 0.6) is 5.75 Å². The van der Waals surface area contributed by atoms with E-state index in [1.165, 1.54) is 0 Å². The number of rotatable bonds is 4. The second-order valence-corrected chi connectivity index (χ2v) is 4.36. The highest BCUT2D eigenvalue weighted by Crippen LogP contribution is 2.16. The van der Waals surface area contributed by atoms with E-state index < -0.39 is 5.97 Å². The smallest absolute Gasteiger partial charge is 0.343 e. The molecule has 0 unspecified atom stereocenters. The van der Waals surface area contributed by atoms with Crippen molar-refractivity contribution in [2.75, 3.05) is 6.54 Å². The number of ether oxygens (including phenoxy) is 1. The predicted octanol–water partition coefficient (Wildman–Crippen LogP) is 2.36. The Labute approximate surface area is 117 Å². The Bertz CT molecular complexity index is 632. The van der Waals surface area contributed by atoms with Crippen LogP contribution >= 0.6 is 0 Å². The molecule has 102 valence electrons. The second-order valence-electron chi connectivity index (χ2n) is 4.36. The Kier molecular flexibility index (Phi) is 4.27. The van der Waals surface area contributed by atoms with Gasteiger partial charge in [-0.05, 0) is 42.8 Å². The van der Waals surface area contributed by atoms with Crippen LogP contribution in [0, 0.1) is 6.92 Å². The van der Waals surface area contributed by atoms with Gasteiger partial charge in [-0.2, -0.15) is 0 Å². The van der Waals surface area contributed by atoms with Crippen LogP contribution in [0.3, 0.4) is 0 Å². The summed E-state index contributed by atoms with van der Waals surface area (Å²) >= 11 is 0. The molecule has 2 aromatic rings. The number of esters is 1. The van der Waals surface area contributed by atoms with Gasteiger partial charge >= 0.3 is 5.97 Å². The molecule has 20 heavy (non-hydrogen) atoms. The number of carbonyl (C=O) groups is 2. The van der Waals surface area contributed by atoms with Gasteiger partial charge in [0.05, 0.1) is 12.1 Å². The summed E-state index contributed by atoms with van der Waals surface area (Å²) in [5.74, 6) is -0.172. The van der Waals surface area contributed by atoms with Crippen LogP contribution in [-0.4, -0.2) is 18.3 Å². The van der Waals surface area contributed by atoms with Crippen LogP contribution in [0.4, 0.5) is 0 Å². The van der Waals surface area contributed by atoms with Gasteiger partial charge in [0.15, 0.2) is 5.78 Å². The molecule has 0 bridgehead atoms. The van der Waals surface area contributed by atoms with Gasteiger partial charge in [0.1, 0.15) is 5.75 Å². The highest BCUT2D eigenvalue weighted by Gasteiger charge is 2.11. The van der Waals surface area contributed by atoms with Crippen molar-refractivity contribution in [2.45, 2.75) is 6.92 Å². The lowest BCUT2D eigenvalue weighted by Crippen LogP contribution is -2.13. The van der Waals surface area contributed by atoms with E-state index in [0.29, 0.717) is 16.9 Å². The summed E-state index contributed by atoms with van der Waals surface area (Å²) < 4.78 is 5.27. The van der Waals surface area contributed by atoms with E-state index in [4.69, 9.17) is 10.5 Å². The zero-order chi connectivity index (χ0) is 14.5. The third-order valence-corrected chi connectivity index (χ3v) is 2.94. The van der Waals surface area contributed by atoms with Gasteiger partial charge in [-0.3, -0.25) is 4.79 Å². The van der Waals surface area contributed by atoms with Crippen LogP contribution in [-0.2, 0) is 0 Å². The number of carbonyl (C=O) groups excluding carboxylic acids is 2. The summed E-state index contributed by atoms with van der Waals surface area (Å²) in [5.41, 5.74) is 7.16. The molecule has 0 amide bonds. The third-order valence-electron chi connectivity index (χ3n) is 2.94. The van der Waals surface area contributed by atoms with Crippen molar-refractivity contribution in [3.8, 4) is 5.75 Å². The van der Waals surface area contributed by atoms with Crippen LogP contribution in [0.1, 0.15) is 26.3 Å². The minimum atomic E-state index is -0.416. The molecule has 4 nitrogen and oxygen atoms in total. The first-order valence-electron chi connectivity index (χ1n) is 6.23. The van der Waals surface area contributed by atoms with E-state index in [2.05, 4.69) is 0 Å². The van der Waals surface area contributed by atoms with Crippen LogP contribution in [0.2, 0.25) is 0 Å². The highest BCUT2D eigenvalue weighted by molar-refractivity contribution is 5.97. The fourth-order valence-electron chi connectivity index (χ4n) is 1.79. The fraction of sp³-hybridized carbons (Fsp3) is 0.125. The number of Topliss-reactive ketones (excluding diaryl/α,β-unsaturated/α-hetero) is 1. The fourth-order valence-corrected chi connectivity index (χ4v) is 1.79. The number of ketones is 1. The SMILES string of the molecule is Cc1ccccc1C(=O)Oc1ccc(C(=O)CN)cc1. The number of hydrogen-bond donors (Lipinski definition) is 1. The van der Waals surface area contributed by atoms with Crippen LogP contribution in [0.25, 0.3) is 0 Å². The molecule has 4 heteroatoms. The van der Waals surface area contributed by atoms with Gasteiger partial charge in [0, 0.05) is 5.56 Å². The van der Waals surface area contributed by atoms with Crippen molar-refractivity contribution in [1.29, 1.82) is 0 Å². The van der Waals surface area contributed by atoms with E-state index in [1.54, 1.807) is 36.4 Å². The van der Waals surface area contributed by atoms with Gasteiger partial charge in [0.25, 0.3) is 0 Å². The molecule has 0 aliphatic carbocycles. The van der Waals surface area contributed by atoms with E-state index in [-0.39, 0.29) is 12.3 Å². The molecule has 2 rings (SSSR count). The van der Waals surface area contributed by atoms with E-state index in [0.717, 1.165) is 5.56 Å². The molecular formula is C16H15NO3. The van der Waals surface area contributed by atoms with Crippen molar-refractivity contribution in [2.24, 2.45) is 5.73 Å². The molecule has 0 aliphatic heterocycles. The Morgan fingerprint density at radius 2 is 1.70 bits per heavy atom. The number of aryl methyl sites for hydroxylation is 1. The molecule has 0 aromatic heterocycles. The maximum Gasteiger partial charge on any atom is 0.343 e. The number of nitrogens with two attached hydrogens (primary N) is 1. The molecule has 0 heterocycles. The largest absolute Gasteiger partial charge is 0.423 e. The Morgan fingerprint density at radius 3 is 2.30 bits per heavy atom. The lowest BCUT2D eigenvalue weighted by atomic mass is 10.1. The normalized spacial score (nSPS) is 10.1. The quantitative estimate of drug-likeness (QED) is 0.525. The van der Waals surface area contributed by atoms with E-state index >= 15 is 0 Å². The van der Waals surface area contributed by atoms with Gasteiger partial charge < -0.3 is 10.5 Å². The van der Waals surface area contributed by atoms with Crippen LogP contribution < -0.4 is 10.5 Å². The predicted molar refractivity (Wildman–Crippen MR) is 76.0 cm³/mol. The summed E-state index contributed by atoms with van der Waals surface area (Å²) in [4.78, 5) is 23.4. The van der Waals surface area contributed by atoms with Gasteiger partial charge in [0.2, 0.25) is 0 Å². The first-order chi connectivity index (χ1) is 9.61. The van der Waals surface area contributed by atoms with Gasteiger partial charge in [-0.25, -0.2) is 4.79 Å². The Morgan fingerprint density at radius 1 is 1.05 bits per heavy atom. The summed E-state index contributed by atoms with van der Waals surface area (Å²) in [6, 6.07) is 13.6. The maximum absolute atomic E-state index is 12.0. The van der Waals surface area contributed by atoms with Crippen molar-refractivity contribution in [3.05, 3.63) is 65.2 Å². The lowest BCUT2D eigenvalue weighted by molar-refractivity contribution is 0.0734. The average molecular weight is 269 g/mol. The van der Waals surface area contributed by atoms with Crippen molar-refractivity contribution in [3.63, 3.8) is 0 Å². The third kappa shape index (κ3) is 3.10. The van der Waals surface area contributed by atoms with E-state index in [9.17, 15) is 9.59 Å². The Hall–Kier alpha value is -2.46. The topological polar surface area (TPSA) is 69.4 Å². The zero-order valence-electron chi connectivity index (χ0n) is 11.1. The molecule has 0 spiro atoms. The molecule has 0 atom stereocenters. The lowest BCUT2D eigenvalue weighted by Gasteiger charge is -2.07. The molecule has 2 aromatic carbocycles.